The number of halogens is 1. The Kier molecular flexibility index (Phi) is 30.4. The number of hydrogen-bond acceptors (Lipinski definition) is 3. The molecule has 0 fully saturated rings. The van der Waals surface area contributed by atoms with Crippen LogP contribution in [0.3, 0.4) is 0 Å². The van der Waals surface area contributed by atoms with E-state index in [-0.39, 0.29) is 11.9 Å². The van der Waals surface area contributed by atoms with Crippen LogP contribution in [0, 0.1) is 12.7 Å². The minimum atomic E-state index is -0.810. The number of quaternary nitrogens is 1. The van der Waals surface area contributed by atoms with E-state index in [0.29, 0.717) is 19.0 Å². The first-order chi connectivity index (χ1) is 22.4. The van der Waals surface area contributed by atoms with Gasteiger partial charge < -0.3 is 25.4 Å². The van der Waals surface area contributed by atoms with Crippen molar-refractivity contribution in [1.29, 1.82) is 0 Å². The van der Waals surface area contributed by atoms with Crippen molar-refractivity contribution in [3.8, 4) is 5.75 Å². The van der Waals surface area contributed by atoms with E-state index < -0.39 is 7.32 Å². The molecule has 0 bridgehead atoms. The van der Waals surface area contributed by atoms with Crippen molar-refractivity contribution in [2.75, 3.05) is 32.8 Å². The molecule has 1 rings (SSSR count). The van der Waals surface area contributed by atoms with E-state index in [1.807, 2.05) is 6.07 Å². The molecule has 1 atom stereocenters. The van der Waals surface area contributed by atoms with Gasteiger partial charge in [-0.15, -0.1) is 0 Å². The average molecular weight is 650 g/mol. The standard InChI is InChI=1S/C34H64BFNO3.C6H13/c1-7-13-18-20-29-38-35(39-30-21-19-14-8-2)40-33-25-22-24-31(36)34(33)32(23-12-6)37(26-15-9-3,27-16-10-4)28-17-11-5;1-3-5-6-4-2/h22,24-25,32H,7-21,23,26-30H2,1-6H3;1,3-6H2,2H3/q+1;-1. The van der Waals surface area contributed by atoms with Crippen molar-refractivity contribution in [3.05, 3.63) is 36.5 Å². The van der Waals surface area contributed by atoms with Crippen molar-refractivity contribution in [1.82, 2.24) is 0 Å². The Morgan fingerprint density at radius 3 is 1.52 bits per heavy atom. The molecule has 1 aromatic rings. The van der Waals surface area contributed by atoms with Crippen LogP contribution in [-0.2, 0) is 9.31 Å². The summed E-state index contributed by atoms with van der Waals surface area (Å²) >= 11 is 0. The summed E-state index contributed by atoms with van der Waals surface area (Å²) in [7, 11) is -0.810. The van der Waals surface area contributed by atoms with Gasteiger partial charge in [-0.3, -0.25) is 0 Å². The predicted octanol–water partition coefficient (Wildman–Crippen LogP) is 12.8. The average Bonchev–Trinajstić information content (AvgIpc) is 3.06. The number of rotatable bonds is 30. The quantitative estimate of drug-likeness (QED) is 0.0359. The lowest BCUT2D eigenvalue weighted by atomic mass is 9.93. The highest BCUT2D eigenvalue weighted by atomic mass is 19.1. The predicted molar refractivity (Wildman–Crippen MR) is 200 cm³/mol. The van der Waals surface area contributed by atoms with Crippen molar-refractivity contribution in [2.45, 2.75) is 183 Å². The van der Waals surface area contributed by atoms with Crippen molar-refractivity contribution in [2.24, 2.45) is 0 Å². The Labute approximate surface area is 287 Å². The third kappa shape index (κ3) is 19.7. The van der Waals surface area contributed by atoms with Crippen LogP contribution in [0.25, 0.3) is 0 Å². The van der Waals surface area contributed by atoms with Gasteiger partial charge in [0.15, 0.2) is 0 Å². The normalized spacial score (nSPS) is 12.1. The molecule has 0 radical (unpaired) electrons. The summed E-state index contributed by atoms with van der Waals surface area (Å²) in [4.78, 5) is 0. The third-order valence-electron chi connectivity index (χ3n) is 9.02. The zero-order valence-corrected chi connectivity index (χ0v) is 31.8. The maximum absolute atomic E-state index is 16.0. The first-order valence-electron chi connectivity index (χ1n) is 19.8. The van der Waals surface area contributed by atoms with Gasteiger partial charge in [-0.25, -0.2) is 4.39 Å². The molecule has 270 valence electrons. The van der Waals surface area contributed by atoms with E-state index in [1.165, 1.54) is 44.9 Å². The second-order valence-corrected chi connectivity index (χ2v) is 13.2. The number of nitrogens with zero attached hydrogens (tertiary/aromatic N) is 1. The lowest BCUT2D eigenvalue weighted by molar-refractivity contribution is -0.958. The molecule has 0 aromatic heterocycles. The first kappa shape index (κ1) is 44.9. The number of benzene rings is 1. The van der Waals surface area contributed by atoms with Crippen LogP contribution in [0.2, 0.25) is 0 Å². The largest absolute Gasteiger partial charge is 0.713 e. The van der Waals surface area contributed by atoms with E-state index in [1.54, 1.807) is 12.1 Å². The summed E-state index contributed by atoms with van der Waals surface area (Å²) in [5, 5.41) is 0. The highest BCUT2D eigenvalue weighted by molar-refractivity contribution is 6.37. The minimum Gasteiger partial charge on any atom is -0.511 e. The molecular weight excluding hydrogens is 572 g/mol. The summed E-state index contributed by atoms with van der Waals surface area (Å²) in [5.41, 5.74) is 0.724. The van der Waals surface area contributed by atoms with Gasteiger partial charge in [0.2, 0.25) is 0 Å². The van der Waals surface area contributed by atoms with Gasteiger partial charge in [-0.05, 0) is 44.2 Å². The van der Waals surface area contributed by atoms with Crippen molar-refractivity contribution >= 4 is 7.32 Å². The summed E-state index contributed by atoms with van der Waals surface area (Å²) in [6.45, 7) is 23.8. The van der Waals surface area contributed by atoms with Crippen LogP contribution >= 0.6 is 0 Å². The van der Waals surface area contributed by atoms with E-state index in [0.717, 1.165) is 113 Å². The molecule has 0 N–H and O–H groups in total. The monoisotopic (exact) mass is 650 g/mol. The Hall–Kier alpha value is -1.11. The highest BCUT2D eigenvalue weighted by Crippen LogP contribution is 2.41. The minimum absolute atomic E-state index is 0.0561. The number of hydrogen-bond donors (Lipinski definition) is 0. The van der Waals surface area contributed by atoms with Crippen LogP contribution in [-0.4, -0.2) is 44.7 Å². The first-order valence-corrected chi connectivity index (χ1v) is 19.8. The highest BCUT2D eigenvalue weighted by Gasteiger charge is 2.40. The summed E-state index contributed by atoms with van der Waals surface area (Å²) in [6.07, 6.45) is 22.9. The molecule has 6 heteroatoms. The van der Waals surface area contributed by atoms with Gasteiger partial charge >= 0.3 is 7.32 Å². The fourth-order valence-electron chi connectivity index (χ4n) is 6.19. The second kappa shape index (κ2) is 31.2. The molecule has 0 saturated carbocycles. The fraction of sp³-hybridized carbons (Fsp3) is 0.825. The number of unbranched alkanes of at least 4 members (excludes halogenated alkanes) is 12. The van der Waals surface area contributed by atoms with Crippen molar-refractivity contribution < 1.29 is 22.8 Å². The van der Waals surface area contributed by atoms with Gasteiger partial charge in [0.25, 0.3) is 0 Å². The Balaban J connectivity index is 0.00000306. The van der Waals surface area contributed by atoms with Gasteiger partial charge in [-0.2, -0.15) is 6.42 Å². The molecule has 0 aliphatic heterocycles. The van der Waals surface area contributed by atoms with Gasteiger partial charge in [-0.1, -0.05) is 138 Å². The lowest BCUT2D eigenvalue weighted by Gasteiger charge is -2.46. The molecule has 1 aromatic carbocycles. The zero-order valence-electron chi connectivity index (χ0n) is 31.8. The fourth-order valence-corrected chi connectivity index (χ4v) is 6.19. The molecule has 0 aliphatic carbocycles. The third-order valence-corrected chi connectivity index (χ3v) is 9.02. The maximum atomic E-state index is 16.0. The van der Waals surface area contributed by atoms with Crippen LogP contribution < -0.4 is 4.65 Å². The summed E-state index contributed by atoms with van der Waals surface area (Å²) in [6, 6.07) is 5.38. The molecule has 0 spiro atoms. The summed E-state index contributed by atoms with van der Waals surface area (Å²) in [5.74, 6) is 0.435. The topological polar surface area (TPSA) is 27.7 Å². The Bertz CT molecular complexity index is 756. The molecule has 0 aliphatic rings. The van der Waals surface area contributed by atoms with Crippen molar-refractivity contribution in [3.63, 3.8) is 0 Å². The van der Waals surface area contributed by atoms with E-state index in [4.69, 9.17) is 14.0 Å². The lowest BCUT2D eigenvalue weighted by Crippen LogP contribution is -2.53. The maximum Gasteiger partial charge on any atom is 0.713 e. The van der Waals surface area contributed by atoms with E-state index in [2.05, 4.69) is 55.4 Å². The summed E-state index contributed by atoms with van der Waals surface area (Å²) < 4.78 is 35.7. The molecular formula is C40H77BFNO3. The van der Waals surface area contributed by atoms with Crippen LogP contribution in [0.15, 0.2) is 18.2 Å². The van der Waals surface area contributed by atoms with Crippen LogP contribution in [0.1, 0.15) is 188 Å². The zero-order chi connectivity index (χ0) is 34.3. The molecule has 46 heavy (non-hydrogen) atoms. The Morgan fingerprint density at radius 2 is 1.11 bits per heavy atom. The molecule has 0 saturated heterocycles. The van der Waals surface area contributed by atoms with Crippen LogP contribution in [0.5, 0.6) is 5.75 Å². The molecule has 1 unspecified atom stereocenters. The molecule has 0 amide bonds. The van der Waals surface area contributed by atoms with Gasteiger partial charge in [0.05, 0.1) is 25.2 Å². The molecule has 0 heterocycles. The molecule has 4 nitrogen and oxygen atoms in total. The van der Waals surface area contributed by atoms with Gasteiger partial charge in [0.1, 0.15) is 17.6 Å². The second-order valence-electron chi connectivity index (χ2n) is 13.2. The van der Waals surface area contributed by atoms with E-state index >= 15 is 4.39 Å². The van der Waals surface area contributed by atoms with Crippen LogP contribution in [0.4, 0.5) is 4.39 Å². The SMILES string of the molecule is CCCCCCOB(OCCCCCC)Oc1cccc(F)c1C(CCC)[N+](CCCC)(CCCC)CCCC.[CH2-]CCCCC. The van der Waals surface area contributed by atoms with E-state index in [9.17, 15) is 0 Å². The Morgan fingerprint density at radius 1 is 0.630 bits per heavy atom. The smallest absolute Gasteiger partial charge is 0.511 e. The van der Waals surface area contributed by atoms with Gasteiger partial charge in [0, 0.05) is 19.6 Å².